The van der Waals surface area contributed by atoms with Gasteiger partial charge in [-0.15, -0.1) is 10.2 Å². The summed E-state index contributed by atoms with van der Waals surface area (Å²) in [5.74, 6) is 0.162. The zero-order valence-corrected chi connectivity index (χ0v) is 23.3. The summed E-state index contributed by atoms with van der Waals surface area (Å²) in [7, 11) is 1.78. The zero-order chi connectivity index (χ0) is 30.1. The molecule has 2 aromatic carbocycles. The summed E-state index contributed by atoms with van der Waals surface area (Å²) < 4.78 is 44.7. The number of pyridine rings is 1. The molecule has 0 radical (unpaired) electrons. The number of carbonyl (C=O) groups is 1. The Labute approximate surface area is 245 Å². The second-order valence-electron chi connectivity index (χ2n) is 11.8. The minimum Gasteiger partial charge on any atom is -0.384 e. The summed E-state index contributed by atoms with van der Waals surface area (Å²) >= 11 is 0. The fourth-order valence-corrected chi connectivity index (χ4v) is 6.41. The molecule has 1 amide bonds. The molecular weight excluding hydrogens is 557 g/mol. The van der Waals surface area contributed by atoms with Crippen molar-refractivity contribution in [3.63, 3.8) is 0 Å². The van der Waals surface area contributed by atoms with Crippen LogP contribution in [0.3, 0.4) is 0 Å². The van der Waals surface area contributed by atoms with Crippen LogP contribution in [0.25, 0.3) is 22.5 Å². The lowest BCUT2D eigenvalue weighted by atomic mass is 9.97. The van der Waals surface area contributed by atoms with E-state index in [1.807, 2.05) is 0 Å². The quantitative estimate of drug-likeness (QED) is 0.344. The van der Waals surface area contributed by atoms with Crippen LogP contribution in [0, 0.1) is 16.7 Å². The Balaban J connectivity index is 1.27. The molecule has 2 N–H and O–H groups in total. The van der Waals surface area contributed by atoms with E-state index < -0.39 is 17.6 Å². The SMILES string of the molecule is Cn1cnnc1-c1ccc(C#N)cc1-c1cc(N)nc(N2Cc3c(cc(CN4CCC5(CC5)C4)cc3C(F)(F)F)C2=O)c1. The standard InChI is InChI=1S/C31H27F3N8O/c1-40-17-37-39-28(40)21-3-2-18(13-35)8-22(21)20-11-26(36)38-27(12-20)42-15-24-23(29(42)43)9-19(10-25(24)31(32,33)34)14-41-7-6-30(16-41)4-5-30/h2-3,8-12,17H,4-7,14-16H2,1H3,(H2,36,38). The lowest BCUT2D eigenvalue weighted by molar-refractivity contribution is -0.138. The number of nitrogens with zero attached hydrogens (tertiary/aromatic N) is 7. The number of rotatable bonds is 5. The number of nitrogens with two attached hydrogens (primary N) is 1. The van der Waals surface area contributed by atoms with E-state index in [-0.39, 0.29) is 29.3 Å². The topological polar surface area (TPSA) is 117 Å². The van der Waals surface area contributed by atoms with E-state index in [1.165, 1.54) is 23.8 Å². The van der Waals surface area contributed by atoms with Gasteiger partial charge in [0, 0.05) is 31.3 Å². The van der Waals surface area contributed by atoms with Gasteiger partial charge in [0.2, 0.25) is 0 Å². The first kappa shape index (κ1) is 27.1. The molecule has 2 aromatic heterocycles. The molecule has 4 heterocycles. The first-order valence-corrected chi connectivity index (χ1v) is 14.0. The molecule has 1 saturated heterocycles. The van der Waals surface area contributed by atoms with E-state index in [0.29, 0.717) is 45.6 Å². The number of alkyl halides is 3. The van der Waals surface area contributed by atoms with Crippen LogP contribution in [0.5, 0.6) is 0 Å². The number of hydrogen-bond donors (Lipinski definition) is 1. The summed E-state index contributed by atoms with van der Waals surface area (Å²) in [4.78, 5) is 21.5. The van der Waals surface area contributed by atoms with E-state index in [0.717, 1.165) is 19.5 Å². The third-order valence-electron chi connectivity index (χ3n) is 8.81. The van der Waals surface area contributed by atoms with Crippen molar-refractivity contribution in [2.75, 3.05) is 23.7 Å². The zero-order valence-electron chi connectivity index (χ0n) is 23.3. The number of hydrogen-bond acceptors (Lipinski definition) is 7. The molecule has 3 aliphatic rings. The second-order valence-corrected chi connectivity index (χ2v) is 11.8. The number of aryl methyl sites for hydroxylation is 1. The Morgan fingerprint density at radius 3 is 2.56 bits per heavy atom. The predicted octanol–water partition coefficient (Wildman–Crippen LogP) is 5.16. The highest BCUT2D eigenvalue weighted by atomic mass is 19.4. The highest BCUT2D eigenvalue weighted by Gasteiger charge is 2.47. The van der Waals surface area contributed by atoms with E-state index in [9.17, 15) is 23.2 Å². The molecule has 0 atom stereocenters. The predicted molar refractivity (Wildman–Crippen MR) is 152 cm³/mol. The molecule has 43 heavy (non-hydrogen) atoms. The van der Waals surface area contributed by atoms with E-state index in [4.69, 9.17) is 5.73 Å². The second kappa shape index (κ2) is 9.64. The van der Waals surface area contributed by atoms with Gasteiger partial charge in [0.1, 0.15) is 18.0 Å². The Bertz CT molecular complexity index is 1840. The van der Waals surface area contributed by atoms with Crippen LogP contribution in [-0.4, -0.2) is 43.6 Å². The molecule has 1 spiro atoms. The smallest absolute Gasteiger partial charge is 0.384 e. The molecule has 0 bridgehead atoms. The minimum atomic E-state index is -4.63. The molecule has 1 saturated carbocycles. The highest BCUT2D eigenvalue weighted by Crippen LogP contribution is 2.53. The van der Waals surface area contributed by atoms with Crippen molar-refractivity contribution in [3.05, 3.63) is 76.6 Å². The summed E-state index contributed by atoms with van der Waals surface area (Å²) in [5, 5.41) is 17.7. The molecule has 2 aliphatic heterocycles. The number of nitrogen functional groups attached to an aromatic ring is 1. The van der Waals surface area contributed by atoms with Gasteiger partial charge in [-0.1, -0.05) is 0 Å². The Hall–Kier alpha value is -4.76. The lowest BCUT2D eigenvalue weighted by Crippen LogP contribution is -2.24. The summed E-state index contributed by atoms with van der Waals surface area (Å²) in [6.07, 6.45) is 0.325. The average Bonchev–Trinajstić information content (AvgIpc) is 3.23. The normalized spacial score (nSPS) is 17.5. The summed E-state index contributed by atoms with van der Waals surface area (Å²) in [6, 6.07) is 13.2. The number of anilines is 2. The van der Waals surface area contributed by atoms with Crippen molar-refractivity contribution in [1.82, 2.24) is 24.6 Å². The third kappa shape index (κ3) is 4.79. The van der Waals surface area contributed by atoms with Gasteiger partial charge in [-0.3, -0.25) is 14.6 Å². The number of likely N-dealkylation sites (tertiary alicyclic amines) is 1. The summed E-state index contributed by atoms with van der Waals surface area (Å²) in [5.41, 5.74) is 8.33. The van der Waals surface area contributed by atoms with Crippen molar-refractivity contribution in [1.29, 1.82) is 5.26 Å². The van der Waals surface area contributed by atoms with Crippen LogP contribution in [0.2, 0.25) is 0 Å². The lowest BCUT2D eigenvalue weighted by Gasteiger charge is -2.19. The van der Waals surface area contributed by atoms with Crippen LogP contribution >= 0.6 is 0 Å². The number of fused-ring (bicyclic) bond motifs is 1. The van der Waals surface area contributed by atoms with Gasteiger partial charge in [0.15, 0.2) is 5.82 Å². The van der Waals surface area contributed by atoms with Crippen LogP contribution in [0.1, 0.15) is 51.9 Å². The van der Waals surface area contributed by atoms with Gasteiger partial charge in [0.05, 0.1) is 23.7 Å². The monoisotopic (exact) mass is 584 g/mol. The molecule has 218 valence electrons. The largest absolute Gasteiger partial charge is 0.416 e. The fraction of sp³-hybridized carbons (Fsp3) is 0.323. The Morgan fingerprint density at radius 1 is 1.07 bits per heavy atom. The molecule has 0 unspecified atom stereocenters. The maximum absolute atomic E-state index is 14.3. The Kier molecular flexibility index (Phi) is 6.07. The molecule has 1 aliphatic carbocycles. The van der Waals surface area contributed by atoms with Crippen LogP contribution in [0.4, 0.5) is 24.8 Å². The maximum Gasteiger partial charge on any atom is 0.416 e. The van der Waals surface area contributed by atoms with Gasteiger partial charge in [-0.25, -0.2) is 4.98 Å². The van der Waals surface area contributed by atoms with Gasteiger partial charge < -0.3 is 10.3 Å². The van der Waals surface area contributed by atoms with Gasteiger partial charge >= 0.3 is 6.18 Å². The van der Waals surface area contributed by atoms with E-state index >= 15 is 0 Å². The highest BCUT2D eigenvalue weighted by molar-refractivity contribution is 6.10. The average molecular weight is 585 g/mol. The number of halogens is 3. The van der Waals surface area contributed by atoms with Crippen LogP contribution < -0.4 is 10.6 Å². The third-order valence-corrected chi connectivity index (χ3v) is 8.81. The van der Waals surface area contributed by atoms with Gasteiger partial charge in [-0.05, 0) is 95.9 Å². The molecule has 9 nitrogen and oxygen atoms in total. The fourth-order valence-electron chi connectivity index (χ4n) is 6.41. The minimum absolute atomic E-state index is 0.0298. The number of carbonyl (C=O) groups excluding carboxylic acids is 1. The van der Waals surface area contributed by atoms with Crippen molar-refractivity contribution in [2.24, 2.45) is 12.5 Å². The number of amides is 1. The van der Waals surface area contributed by atoms with Crippen LogP contribution in [0.15, 0.2) is 48.8 Å². The molecular formula is C31H27F3N8O. The summed E-state index contributed by atoms with van der Waals surface area (Å²) in [6.45, 7) is 1.80. The maximum atomic E-state index is 14.3. The van der Waals surface area contributed by atoms with Gasteiger partial charge in [0.25, 0.3) is 5.91 Å². The van der Waals surface area contributed by atoms with E-state index in [2.05, 4.69) is 26.2 Å². The molecule has 2 fully saturated rings. The molecule has 7 rings (SSSR count). The van der Waals surface area contributed by atoms with Crippen molar-refractivity contribution in [3.8, 4) is 28.6 Å². The molecule has 4 aromatic rings. The number of aromatic nitrogens is 4. The first-order valence-electron chi connectivity index (χ1n) is 14.0. The number of benzene rings is 2. The Morgan fingerprint density at radius 2 is 1.88 bits per heavy atom. The molecule has 12 heteroatoms. The van der Waals surface area contributed by atoms with E-state index in [1.54, 1.807) is 54.3 Å². The van der Waals surface area contributed by atoms with Gasteiger partial charge in [-0.2, -0.15) is 18.4 Å². The van der Waals surface area contributed by atoms with Crippen molar-refractivity contribution < 1.29 is 18.0 Å². The first-order chi connectivity index (χ1) is 20.5. The number of nitriles is 1. The van der Waals surface area contributed by atoms with Crippen LogP contribution in [-0.2, 0) is 26.3 Å². The van der Waals surface area contributed by atoms with Crippen molar-refractivity contribution in [2.45, 2.75) is 38.5 Å². The van der Waals surface area contributed by atoms with Crippen molar-refractivity contribution >= 4 is 17.5 Å².